The summed E-state index contributed by atoms with van der Waals surface area (Å²) < 4.78 is 15.3. The van der Waals surface area contributed by atoms with Crippen molar-refractivity contribution in [3.05, 3.63) is 46.3 Å². The molecule has 36 heavy (non-hydrogen) atoms. The number of carbonyl (C=O) groups is 2. The molecule has 1 amide bonds. The van der Waals surface area contributed by atoms with Gasteiger partial charge < -0.3 is 24.6 Å². The van der Waals surface area contributed by atoms with E-state index in [1.54, 1.807) is 18.1 Å². The summed E-state index contributed by atoms with van der Waals surface area (Å²) in [5.74, 6) is 0.973. The molecule has 0 saturated carbocycles. The lowest BCUT2D eigenvalue weighted by molar-refractivity contribution is 0.0949. The summed E-state index contributed by atoms with van der Waals surface area (Å²) in [6, 6.07) is 5.49. The van der Waals surface area contributed by atoms with Crippen molar-refractivity contribution in [3.8, 4) is 11.5 Å². The number of aromatic nitrogens is 1. The van der Waals surface area contributed by atoms with E-state index < -0.39 is 0 Å². The molecule has 1 aliphatic rings. The number of halogens is 1. The molecule has 194 valence electrons. The van der Waals surface area contributed by atoms with E-state index in [0.717, 1.165) is 22.6 Å². The molecule has 0 bridgehead atoms. The Morgan fingerprint density at radius 1 is 1.25 bits per heavy atom. The molecular weight excluding hydrogens is 482 g/mol. The second kappa shape index (κ2) is 10.7. The number of benzene rings is 1. The summed E-state index contributed by atoms with van der Waals surface area (Å²) in [5.41, 5.74) is 3.45. The van der Waals surface area contributed by atoms with E-state index in [9.17, 15) is 9.59 Å². The third-order valence-corrected chi connectivity index (χ3v) is 6.14. The van der Waals surface area contributed by atoms with E-state index in [1.807, 2.05) is 38.1 Å². The van der Waals surface area contributed by atoms with E-state index in [4.69, 9.17) is 21.3 Å². The zero-order valence-corrected chi connectivity index (χ0v) is 22.9. The van der Waals surface area contributed by atoms with Gasteiger partial charge in [0, 0.05) is 56.2 Å². The van der Waals surface area contributed by atoms with Crippen molar-refractivity contribution >= 4 is 35.0 Å². The molecular formula is C26H34ClN5O4. The van der Waals surface area contributed by atoms with Crippen molar-refractivity contribution < 1.29 is 19.1 Å². The fourth-order valence-electron chi connectivity index (χ4n) is 4.19. The highest BCUT2D eigenvalue weighted by atomic mass is 35.5. The first-order valence-electron chi connectivity index (χ1n) is 11.7. The average Bonchev–Trinajstić information content (AvgIpc) is 3.17. The number of amides is 1. The highest BCUT2D eigenvalue weighted by Gasteiger charge is 2.33. The minimum atomic E-state index is -0.381. The second-order valence-corrected chi connectivity index (χ2v) is 9.93. The Hall–Kier alpha value is -3.33. The molecule has 0 fully saturated rings. The second-order valence-electron chi connectivity index (χ2n) is 9.76. The molecule has 2 heterocycles. The largest absolute Gasteiger partial charge is 0.494 e. The van der Waals surface area contributed by atoms with Crippen LogP contribution in [-0.2, 0) is 12.0 Å². The standard InChI is InChI=1S/C26H34ClN5O4/c1-9-36-20-12-16-13-32(24(30-27)21(16)29-22(20)25(34)28-5)14-19(33)15-10-17(26(2,3)4)23(35-8)18(11-15)31(6)7/h10-12H,9,13-14H2,1-8H3,(H,28,34)/b30-24-. The highest BCUT2D eigenvalue weighted by Crippen LogP contribution is 2.39. The first-order valence-corrected chi connectivity index (χ1v) is 12.1. The van der Waals surface area contributed by atoms with Crippen LogP contribution in [0.4, 0.5) is 5.69 Å². The third-order valence-electron chi connectivity index (χ3n) is 5.98. The minimum Gasteiger partial charge on any atom is -0.494 e. The number of anilines is 1. The number of methoxy groups -OCH3 is 1. The van der Waals surface area contributed by atoms with Gasteiger partial charge in [-0.1, -0.05) is 20.8 Å². The van der Waals surface area contributed by atoms with Crippen LogP contribution in [0.3, 0.4) is 0 Å². The number of nitrogens with zero attached hydrogens (tertiary/aromatic N) is 4. The van der Waals surface area contributed by atoms with Gasteiger partial charge in [0.15, 0.2) is 23.1 Å². The number of hydrogen-bond acceptors (Lipinski definition) is 7. The predicted octanol–water partition coefficient (Wildman–Crippen LogP) is 3.81. The van der Waals surface area contributed by atoms with E-state index >= 15 is 0 Å². The van der Waals surface area contributed by atoms with Gasteiger partial charge in [0.2, 0.25) is 0 Å². The van der Waals surface area contributed by atoms with Crippen molar-refractivity contribution in [2.75, 3.05) is 46.3 Å². The maximum Gasteiger partial charge on any atom is 0.273 e. The summed E-state index contributed by atoms with van der Waals surface area (Å²) >= 11 is 5.96. The summed E-state index contributed by atoms with van der Waals surface area (Å²) in [6.07, 6.45) is 0. The number of amidine groups is 1. The van der Waals surface area contributed by atoms with Gasteiger partial charge in [-0.3, -0.25) is 9.59 Å². The van der Waals surface area contributed by atoms with Crippen molar-refractivity contribution in [2.45, 2.75) is 39.7 Å². The minimum absolute atomic E-state index is 0.0317. The fourth-order valence-corrected chi connectivity index (χ4v) is 4.38. The number of pyridine rings is 1. The number of carbonyl (C=O) groups excluding carboxylic acids is 2. The Kier molecular flexibility index (Phi) is 8.13. The summed E-state index contributed by atoms with van der Waals surface area (Å²) in [7, 11) is 7.00. The number of ether oxygens (including phenoxy) is 2. The third kappa shape index (κ3) is 5.26. The Morgan fingerprint density at radius 3 is 2.47 bits per heavy atom. The van der Waals surface area contributed by atoms with Crippen LogP contribution in [0.1, 0.15) is 65.4 Å². The van der Waals surface area contributed by atoms with Gasteiger partial charge in [0.1, 0.15) is 11.4 Å². The zero-order chi connectivity index (χ0) is 26.8. The average molecular weight is 516 g/mol. The lowest BCUT2D eigenvalue weighted by Gasteiger charge is -2.27. The molecule has 1 aliphatic heterocycles. The summed E-state index contributed by atoms with van der Waals surface area (Å²) in [6.45, 7) is 8.85. The smallest absolute Gasteiger partial charge is 0.273 e. The monoisotopic (exact) mass is 515 g/mol. The van der Waals surface area contributed by atoms with Crippen molar-refractivity contribution in [3.63, 3.8) is 0 Å². The number of nitrogens with one attached hydrogen (secondary N) is 1. The van der Waals surface area contributed by atoms with Crippen LogP contribution < -0.4 is 19.7 Å². The van der Waals surface area contributed by atoms with Crippen LogP contribution in [0, 0.1) is 0 Å². The molecule has 2 aromatic rings. The Morgan fingerprint density at radius 2 is 1.94 bits per heavy atom. The molecule has 1 N–H and O–H groups in total. The molecule has 0 saturated heterocycles. The fraction of sp³-hybridized carbons (Fsp3) is 0.462. The van der Waals surface area contributed by atoms with E-state index in [1.165, 1.54) is 7.05 Å². The van der Waals surface area contributed by atoms with Gasteiger partial charge in [-0.25, -0.2) is 4.98 Å². The number of Topliss-reactive ketones (excluding diaryl/α,β-unsaturated/α-hetero) is 1. The molecule has 0 spiro atoms. The first kappa shape index (κ1) is 27.3. The lowest BCUT2D eigenvalue weighted by atomic mass is 9.84. The van der Waals surface area contributed by atoms with E-state index in [2.05, 4.69) is 35.6 Å². The molecule has 0 aliphatic carbocycles. The zero-order valence-electron chi connectivity index (χ0n) is 22.2. The normalized spacial score (nSPS) is 14.0. The number of fused-ring (bicyclic) bond motifs is 1. The molecule has 0 atom stereocenters. The quantitative estimate of drug-likeness (QED) is 0.534. The van der Waals surface area contributed by atoms with Crippen LogP contribution in [0.2, 0.25) is 0 Å². The Labute approximate surface area is 217 Å². The van der Waals surface area contributed by atoms with E-state index in [0.29, 0.717) is 36.0 Å². The first-order chi connectivity index (χ1) is 17.0. The summed E-state index contributed by atoms with van der Waals surface area (Å²) in [5, 5.41) is 2.57. The van der Waals surface area contributed by atoms with Crippen LogP contribution in [0.5, 0.6) is 11.5 Å². The molecule has 1 aromatic carbocycles. The molecule has 3 rings (SSSR count). The predicted molar refractivity (Wildman–Crippen MR) is 142 cm³/mol. The van der Waals surface area contributed by atoms with Crippen molar-refractivity contribution in [1.82, 2.24) is 15.2 Å². The van der Waals surface area contributed by atoms with Gasteiger partial charge in [0.25, 0.3) is 5.91 Å². The van der Waals surface area contributed by atoms with Gasteiger partial charge >= 0.3 is 0 Å². The van der Waals surface area contributed by atoms with Crippen molar-refractivity contribution in [2.24, 2.45) is 4.51 Å². The van der Waals surface area contributed by atoms with Crippen LogP contribution >= 0.6 is 11.8 Å². The van der Waals surface area contributed by atoms with Crippen molar-refractivity contribution in [1.29, 1.82) is 0 Å². The SMILES string of the molecule is CCOc1cc2c(nc1C(=O)NC)/C(=N/Cl)N(CC(=O)c1cc(N(C)C)c(OC)c(C(C)(C)C)c1)C2. The topological polar surface area (TPSA) is 96.4 Å². The Bertz CT molecular complexity index is 1200. The van der Waals surface area contributed by atoms with Gasteiger partial charge in [0.05, 0.1) is 25.9 Å². The number of rotatable bonds is 8. The summed E-state index contributed by atoms with van der Waals surface area (Å²) in [4.78, 5) is 34.1. The van der Waals surface area contributed by atoms with E-state index in [-0.39, 0.29) is 29.3 Å². The molecule has 9 nitrogen and oxygen atoms in total. The lowest BCUT2D eigenvalue weighted by Crippen LogP contribution is -2.31. The van der Waals surface area contributed by atoms with Crippen LogP contribution in [0.15, 0.2) is 22.7 Å². The van der Waals surface area contributed by atoms with Gasteiger partial charge in [-0.15, -0.1) is 0 Å². The molecule has 10 heteroatoms. The van der Waals surface area contributed by atoms with Gasteiger partial charge in [-0.2, -0.15) is 4.51 Å². The Balaban J connectivity index is 1.99. The van der Waals surface area contributed by atoms with Gasteiger partial charge in [-0.05, 0) is 30.5 Å². The molecule has 0 radical (unpaired) electrons. The van der Waals surface area contributed by atoms with Crippen LogP contribution in [-0.4, -0.2) is 68.8 Å². The molecule has 1 aromatic heterocycles. The number of ketones is 1. The molecule has 0 unspecified atom stereocenters. The maximum absolute atomic E-state index is 13.5. The highest BCUT2D eigenvalue weighted by molar-refractivity contribution is 6.23. The van der Waals surface area contributed by atoms with Crippen LogP contribution in [0.25, 0.3) is 0 Å². The number of hydrogen-bond donors (Lipinski definition) is 1. The maximum atomic E-state index is 13.5.